The van der Waals surface area contributed by atoms with Gasteiger partial charge in [-0.3, -0.25) is 4.79 Å². The first-order valence-corrected chi connectivity index (χ1v) is 7.60. The minimum Gasteiger partial charge on any atom is -0.496 e. The molecule has 1 amide bonds. The molecule has 0 saturated carbocycles. The molecule has 24 heavy (non-hydrogen) atoms. The van der Waals surface area contributed by atoms with Crippen molar-refractivity contribution in [3.63, 3.8) is 0 Å². The maximum atomic E-state index is 12.1. The van der Waals surface area contributed by atoms with Crippen molar-refractivity contribution < 1.29 is 19.0 Å². The van der Waals surface area contributed by atoms with E-state index in [-0.39, 0.29) is 6.61 Å². The summed E-state index contributed by atoms with van der Waals surface area (Å²) in [5, 5.41) is 4.47. The van der Waals surface area contributed by atoms with Crippen LogP contribution < -0.4 is 19.6 Å². The van der Waals surface area contributed by atoms with Crippen LogP contribution >= 0.6 is 11.6 Å². The molecule has 0 saturated heterocycles. The first kappa shape index (κ1) is 16.1. The Morgan fingerprint density at radius 2 is 2.12 bits per heavy atom. The minimum absolute atomic E-state index is 0.124. The Kier molecular flexibility index (Phi) is 4.86. The molecule has 0 unspecified atom stereocenters. The van der Waals surface area contributed by atoms with Crippen molar-refractivity contribution in [1.29, 1.82) is 0 Å². The Bertz CT molecular complexity index is 779. The Labute approximate surface area is 144 Å². The molecule has 1 N–H and O–H groups in total. The number of carbonyl (C=O) groups excluding carboxylic acids is 1. The number of hydrazone groups is 1. The fraction of sp³-hybridized carbons (Fsp3) is 0.176. The summed E-state index contributed by atoms with van der Waals surface area (Å²) < 4.78 is 16.3. The second-order valence-electron chi connectivity index (χ2n) is 4.98. The maximum absolute atomic E-state index is 12.1. The van der Waals surface area contributed by atoms with Crippen LogP contribution in [0.25, 0.3) is 0 Å². The van der Waals surface area contributed by atoms with Gasteiger partial charge in [0.1, 0.15) is 12.4 Å². The molecule has 1 aliphatic rings. The zero-order valence-corrected chi connectivity index (χ0v) is 13.6. The van der Waals surface area contributed by atoms with Gasteiger partial charge >= 0.3 is 0 Å². The lowest BCUT2D eigenvalue weighted by Gasteiger charge is -2.24. The Morgan fingerprint density at radius 3 is 2.92 bits per heavy atom. The summed E-state index contributed by atoms with van der Waals surface area (Å²) in [5.41, 5.74) is 3.08. The first-order valence-electron chi connectivity index (χ1n) is 7.22. The van der Waals surface area contributed by atoms with Crippen LogP contribution in [0.5, 0.6) is 17.2 Å². The van der Waals surface area contributed by atoms with Crippen LogP contribution in [0.15, 0.2) is 47.6 Å². The monoisotopic (exact) mass is 346 g/mol. The summed E-state index contributed by atoms with van der Waals surface area (Å²) in [4.78, 5) is 12.1. The van der Waals surface area contributed by atoms with Gasteiger partial charge in [0.2, 0.25) is 6.10 Å². The van der Waals surface area contributed by atoms with Crippen molar-refractivity contribution in [3.05, 3.63) is 53.1 Å². The number of fused-ring (bicyclic) bond motifs is 1. The molecule has 1 aliphatic heterocycles. The van der Waals surface area contributed by atoms with Gasteiger partial charge in [0.05, 0.1) is 13.3 Å². The normalized spacial score (nSPS) is 16.0. The van der Waals surface area contributed by atoms with Crippen LogP contribution in [0.1, 0.15) is 5.56 Å². The average Bonchev–Trinajstić information content (AvgIpc) is 2.61. The molecule has 1 atom stereocenters. The quantitative estimate of drug-likeness (QED) is 0.682. The third kappa shape index (κ3) is 3.60. The molecule has 7 heteroatoms. The number of benzene rings is 2. The zero-order chi connectivity index (χ0) is 16.9. The van der Waals surface area contributed by atoms with Gasteiger partial charge in [-0.25, -0.2) is 5.43 Å². The zero-order valence-electron chi connectivity index (χ0n) is 12.9. The predicted octanol–water partition coefficient (Wildman–Crippen LogP) is 2.64. The summed E-state index contributed by atoms with van der Waals surface area (Å²) >= 11 is 5.94. The number of hydrogen-bond acceptors (Lipinski definition) is 5. The highest BCUT2D eigenvalue weighted by Gasteiger charge is 2.26. The summed E-state index contributed by atoms with van der Waals surface area (Å²) in [6.07, 6.45) is 0.693. The Balaban J connectivity index is 1.63. The van der Waals surface area contributed by atoms with E-state index >= 15 is 0 Å². The molecule has 124 valence electrons. The molecule has 0 spiro atoms. The molecule has 0 fully saturated rings. The van der Waals surface area contributed by atoms with Gasteiger partial charge in [0.15, 0.2) is 11.5 Å². The van der Waals surface area contributed by atoms with E-state index in [4.69, 9.17) is 25.8 Å². The fourth-order valence-electron chi connectivity index (χ4n) is 2.19. The number of para-hydroxylation sites is 2. The largest absolute Gasteiger partial charge is 0.496 e. The van der Waals surface area contributed by atoms with Crippen LogP contribution in [0.2, 0.25) is 5.02 Å². The highest BCUT2D eigenvalue weighted by molar-refractivity contribution is 6.30. The SMILES string of the molecule is COc1ccc(Cl)cc1/C=N\NC(=O)[C@H]1COc2ccccc2O1. The number of ether oxygens (including phenoxy) is 3. The van der Waals surface area contributed by atoms with E-state index < -0.39 is 12.0 Å². The molecule has 0 bridgehead atoms. The lowest BCUT2D eigenvalue weighted by Crippen LogP contribution is -2.42. The van der Waals surface area contributed by atoms with Crippen molar-refractivity contribution in [2.75, 3.05) is 13.7 Å². The molecular formula is C17H15ClN2O4. The van der Waals surface area contributed by atoms with Crippen molar-refractivity contribution in [2.24, 2.45) is 5.10 Å². The van der Waals surface area contributed by atoms with E-state index in [2.05, 4.69) is 10.5 Å². The third-order valence-electron chi connectivity index (χ3n) is 3.37. The Morgan fingerprint density at radius 1 is 1.33 bits per heavy atom. The number of nitrogens with zero attached hydrogens (tertiary/aromatic N) is 1. The number of carbonyl (C=O) groups is 1. The third-order valence-corrected chi connectivity index (χ3v) is 3.61. The molecule has 2 aromatic rings. The Hall–Kier alpha value is -2.73. The molecule has 3 rings (SSSR count). The highest BCUT2D eigenvalue weighted by atomic mass is 35.5. The van der Waals surface area contributed by atoms with Crippen LogP contribution in [0.4, 0.5) is 0 Å². The lowest BCUT2D eigenvalue weighted by molar-refractivity contribution is -0.130. The minimum atomic E-state index is -0.765. The number of methoxy groups -OCH3 is 1. The molecule has 2 aromatic carbocycles. The van der Waals surface area contributed by atoms with Gasteiger partial charge in [-0.1, -0.05) is 23.7 Å². The van der Waals surface area contributed by atoms with Gasteiger partial charge in [-0.05, 0) is 30.3 Å². The lowest BCUT2D eigenvalue weighted by atomic mass is 10.2. The number of amides is 1. The highest BCUT2D eigenvalue weighted by Crippen LogP contribution is 2.30. The van der Waals surface area contributed by atoms with E-state index in [1.54, 1.807) is 37.4 Å². The summed E-state index contributed by atoms with van der Waals surface area (Å²) in [6.45, 7) is 0.124. The van der Waals surface area contributed by atoms with Crippen LogP contribution in [0.3, 0.4) is 0 Å². The summed E-state index contributed by atoms with van der Waals surface area (Å²) in [7, 11) is 1.55. The van der Waals surface area contributed by atoms with Crippen molar-refractivity contribution in [2.45, 2.75) is 6.10 Å². The van der Waals surface area contributed by atoms with Crippen molar-refractivity contribution in [1.82, 2.24) is 5.43 Å². The van der Waals surface area contributed by atoms with E-state index in [1.807, 2.05) is 12.1 Å². The van der Waals surface area contributed by atoms with Crippen LogP contribution in [-0.4, -0.2) is 31.9 Å². The molecule has 0 radical (unpaired) electrons. The van der Waals surface area contributed by atoms with E-state index in [0.29, 0.717) is 27.8 Å². The van der Waals surface area contributed by atoms with Gasteiger partial charge in [0, 0.05) is 10.6 Å². The molecule has 0 aliphatic carbocycles. The van der Waals surface area contributed by atoms with Gasteiger partial charge in [0.25, 0.3) is 5.91 Å². The fourth-order valence-corrected chi connectivity index (χ4v) is 2.37. The topological polar surface area (TPSA) is 69.2 Å². The molecular weight excluding hydrogens is 332 g/mol. The van der Waals surface area contributed by atoms with Crippen LogP contribution in [0, 0.1) is 0 Å². The van der Waals surface area contributed by atoms with Crippen LogP contribution in [-0.2, 0) is 4.79 Å². The van der Waals surface area contributed by atoms with E-state index in [0.717, 1.165) is 0 Å². The van der Waals surface area contributed by atoms with Crippen molar-refractivity contribution >= 4 is 23.7 Å². The molecule has 1 heterocycles. The smallest absolute Gasteiger partial charge is 0.284 e. The number of nitrogens with one attached hydrogen (secondary N) is 1. The summed E-state index contributed by atoms with van der Waals surface area (Å²) in [5.74, 6) is 1.35. The maximum Gasteiger partial charge on any atom is 0.284 e. The van der Waals surface area contributed by atoms with E-state index in [9.17, 15) is 4.79 Å². The number of halogens is 1. The first-order chi connectivity index (χ1) is 11.7. The number of rotatable bonds is 4. The van der Waals surface area contributed by atoms with Crippen molar-refractivity contribution in [3.8, 4) is 17.2 Å². The average molecular weight is 347 g/mol. The van der Waals surface area contributed by atoms with Gasteiger partial charge in [-0.15, -0.1) is 0 Å². The number of hydrogen-bond donors (Lipinski definition) is 1. The molecule has 6 nitrogen and oxygen atoms in total. The second kappa shape index (κ2) is 7.23. The molecule has 0 aromatic heterocycles. The standard InChI is InChI=1S/C17H15ClN2O4/c1-22-13-7-6-12(18)8-11(13)9-19-20-17(21)16-10-23-14-4-2-3-5-15(14)24-16/h2-9,16H,10H2,1H3,(H,20,21)/b19-9-/t16-/m1/s1. The van der Waals surface area contributed by atoms with E-state index in [1.165, 1.54) is 6.21 Å². The predicted molar refractivity (Wildman–Crippen MR) is 90.1 cm³/mol. The van der Waals surface area contributed by atoms with Gasteiger partial charge in [-0.2, -0.15) is 5.10 Å². The second-order valence-corrected chi connectivity index (χ2v) is 5.42. The van der Waals surface area contributed by atoms with Gasteiger partial charge < -0.3 is 14.2 Å². The summed E-state index contributed by atoms with van der Waals surface area (Å²) in [6, 6.07) is 12.3.